The van der Waals surface area contributed by atoms with Crippen molar-refractivity contribution in [1.82, 2.24) is 4.90 Å². The van der Waals surface area contributed by atoms with Crippen LogP contribution in [0.1, 0.15) is 51.4 Å². The highest BCUT2D eigenvalue weighted by Crippen LogP contribution is 2.37. The number of rotatable bonds is 3. The van der Waals surface area contributed by atoms with E-state index in [9.17, 15) is 5.11 Å². The van der Waals surface area contributed by atoms with E-state index in [4.69, 9.17) is 0 Å². The Bertz CT molecular complexity index is 237. The van der Waals surface area contributed by atoms with Gasteiger partial charge in [0.05, 0.1) is 6.10 Å². The molecule has 92 valence electrons. The number of aliphatic hydroxyl groups excluding tert-OH is 1. The largest absolute Gasteiger partial charge is 0.392 e. The van der Waals surface area contributed by atoms with Crippen LogP contribution in [-0.2, 0) is 0 Å². The van der Waals surface area contributed by atoms with Crippen molar-refractivity contribution in [2.45, 2.75) is 63.5 Å². The molecule has 3 atom stereocenters. The molecule has 3 fully saturated rings. The van der Waals surface area contributed by atoms with Crippen LogP contribution in [0.5, 0.6) is 0 Å². The molecule has 16 heavy (non-hydrogen) atoms. The van der Waals surface area contributed by atoms with Gasteiger partial charge in [-0.15, -0.1) is 0 Å². The lowest BCUT2D eigenvalue weighted by Gasteiger charge is -2.44. The van der Waals surface area contributed by atoms with Gasteiger partial charge in [0.2, 0.25) is 0 Å². The summed E-state index contributed by atoms with van der Waals surface area (Å²) in [4.78, 5) is 2.62. The molecule has 1 aliphatic heterocycles. The molecule has 0 aromatic carbocycles. The summed E-state index contributed by atoms with van der Waals surface area (Å²) in [5.41, 5.74) is 0. The quantitative estimate of drug-likeness (QED) is 0.794. The fourth-order valence-corrected chi connectivity index (χ4v) is 3.82. The van der Waals surface area contributed by atoms with E-state index in [0.717, 1.165) is 18.5 Å². The number of hydrogen-bond donors (Lipinski definition) is 1. The molecule has 2 saturated carbocycles. The number of nitrogens with zero attached hydrogens (tertiary/aromatic N) is 1. The fourth-order valence-electron chi connectivity index (χ4n) is 3.82. The summed E-state index contributed by atoms with van der Waals surface area (Å²) in [6.45, 7) is 2.21. The lowest BCUT2D eigenvalue weighted by atomic mass is 9.78. The van der Waals surface area contributed by atoms with E-state index < -0.39 is 0 Å². The maximum absolute atomic E-state index is 10.1. The molecule has 1 N–H and O–H groups in total. The van der Waals surface area contributed by atoms with Crippen molar-refractivity contribution in [2.24, 2.45) is 11.8 Å². The van der Waals surface area contributed by atoms with Gasteiger partial charge in [0, 0.05) is 12.6 Å². The van der Waals surface area contributed by atoms with Crippen LogP contribution in [0.15, 0.2) is 0 Å². The normalized spacial score (nSPS) is 38.1. The molecule has 1 heterocycles. The average Bonchev–Trinajstić information content (AvgIpc) is 3.13. The molecule has 0 spiro atoms. The van der Waals surface area contributed by atoms with Gasteiger partial charge in [-0.25, -0.2) is 0 Å². The first-order chi connectivity index (χ1) is 7.84. The van der Waals surface area contributed by atoms with E-state index in [1.165, 1.54) is 57.9 Å². The van der Waals surface area contributed by atoms with E-state index in [-0.39, 0.29) is 6.10 Å². The van der Waals surface area contributed by atoms with Gasteiger partial charge in [0.1, 0.15) is 0 Å². The van der Waals surface area contributed by atoms with Gasteiger partial charge in [-0.3, -0.25) is 4.90 Å². The second-order valence-corrected chi connectivity index (χ2v) is 6.15. The molecule has 2 aliphatic carbocycles. The number of piperidine rings is 1. The van der Waals surface area contributed by atoms with Crippen molar-refractivity contribution in [3.63, 3.8) is 0 Å². The SMILES string of the molecule is OC(CN1CCCC2CCCCC21)C1CC1. The zero-order valence-electron chi connectivity index (χ0n) is 10.3. The van der Waals surface area contributed by atoms with E-state index >= 15 is 0 Å². The average molecular weight is 223 g/mol. The third-order valence-corrected chi connectivity index (χ3v) is 4.95. The number of hydrogen-bond acceptors (Lipinski definition) is 2. The Morgan fingerprint density at radius 2 is 1.75 bits per heavy atom. The third kappa shape index (κ3) is 2.28. The zero-order valence-corrected chi connectivity index (χ0v) is 10.3. The van der Waals surface area contributed by atoms with Gasteiger partial charge < -0.3 is 5.11 Å². The maximum Gasteiger partial charge on any atom is 0.0695 e. The van der Waals surface area contributed by atoms with Crippen molar-refractivity contribution in [3.05, 3.63) is 0 Å². The molecule has 3 rings (SSSR count). The lowest BCUT2D eigenvalue weighted by Crippen LogP contribution is -2.49. The Labute approximate surface area is 99.0 Å². The minimum Gasteiger partial charge on any atom is -0.392 e. The van der Waals surface area contributed by atoms with Gasteiger partial charge >= 0.3 is 0 Å². The van der Waals surface area contributed by atoms with Crippen molar-refractivity contribution in [3.8, 4) is 0 Å². The first-order valence-electron chi connectivity index (χ1n) is 7.27. The third-order valence-electron chi connectivity index (χ3n) is 4.95. The molecule has 0 bridgehead atoms. The molecular weight excluding hydrogens is 198 g/mol. The van der Waals surface area contributed by atoms with Crippen LogP contribution in [-0.4, -0.2) is 35.2 Å². The molecule has 0 aromatic rings. The summed E-state index contributed by atoms with van der Waals surface area (Å²) in [7, 11) is 0. The van der Waals surface area contributed by atoms with Crippen LogP contribution in [0.4, 0.5) is 0 Å². The monoisotopic (exact) mass is 223 g/mol. The first kappa shape index (κ1) is 11.0. The summed E-state index contributed by atoms with van der Waals surface area (Å²) in [6, 6.07) is 0.816. The molecule has 1 saturated heterocycles. The number of aliphatic hydroxyl groups is 1. The minimum absolute atomic E-state index is 0.0272. The predicted octanol–water partition coefficient (Wildman–Crippen LogP) is 2.41. The van der Waals surface area contributed by atoms with Gasteiger partial charge in [-0.1, -0.05) is 12.8 Å². The summed E-state index contributed by atoms with van der Waals surface area (Å²) in [6.07, 6.45) is 11.0. The van der Waals surface area contributed by atoms with Crippen LogP contribution >= 0.6 is 0 Å². The highest BCUT2D eigenvalue weighted by Gasteiger charge is 2.37. The Hall–Kier alpha value is -0.0800. The topological polar surface area (TPSA) is 23.5 Å². The highest BCUT2D eigenvalue weighted by molar-refractivity contribution is 4.90. The van der Waals surface area contributed by atoms with Gasteiger partial charge in [0.25, 0.3) is 0 Å². The molecule has 0 radical (unpaired) electrons. The zero-order chi connectivity index (χ0) is 11.0. The molecule has 2 heteroatoms. The Balaban J connectivity index is 1.59. The summed E-state index contributed by atoms with van der Waals surface area (Å²) in [5, 5.41) is 10.1. The predicted molar refractivity (Wildman–Crippen MR) is 65.3 cm³/mol. The first-order valence-corrected chi connectivity index (χ1v) is 7.27. The van der Waals surface area contributed by atoms with Crippen molar-refractivity contribution < 1.29 is 5.11 Å². The van der Waals surface area contributed by atoms with Crippen LogP contribution in [0.2, 0.25) is 0 Å². The number of fused-ring (bicyclic) bond motifs is 1. The van der Waals surface area contributed by atoms with Crippen LogP contribution in [0.25, 0.3) is 0 Å². The Morgan fingerprint density at radius 1 is 1.00 bits per heavy atom. The number of β-amino-alcohol motifs (C(OH)–C–C–N with tert-alkyl or cyclic N) is 1. The van der Waals surface area contributed by atoms with Crippen LogP contribution in [0.3, 0.4) is 0 Å². The van der Waals surface area contributed by atoms with Crippen molar-refractivity contribution in [2.75, 3.05) is 13.1 Å². The summed E-state index contributed by atoms with van der Waals surface area (Å²) >= 11 is 0. The molecule has 3 aliphatic rings. The smallest absolute Gasteiger partial charge is 0.0695 e. The minimum atomic E-state index is -0.0272. The van der Waals surface area contributed by atoms with E-state index in [2.05, 4.69) is 4.90 Å². The molecule has 3 unspecified atom stereocenters. The van der Waals surface area contributed by atoms with Gasteiger partial charge in [-0.05, 0) is 56.9 Å². The molecule has 0 amide bonds. The van der Waals surface area contributed by atoms with Crippen LogP contribution < -0.4 is 0 Å². The van der Waals surface area contributed by atoms with E-state index in [1.54, 1.807) is 0 Å². The standard InChI is InChI=1S/C14H25NO/c16-14(12-7-8-12)10-15-9-3-5-11-4-1-2-6-13(11)15/h11-14,16H,1-10H2. The molecular formula is C14H25NO. The summed E-state index contributed by atoms with van der Waals surface area (Å²) in [5.74, 6) is 1.60. The highest BCUT2D eigenvalue weighted by atomic mass is 16.3. The lowest BCUT2D eigenvalue weighted by molar-refractivity contribution is 0.0146. The van der Waals surface area contributed by atoms with Crippen molar-refractivity contribution >= 4 is 0 Å². The maximum atomic E-state index is 10.1. The second kappa shape index (κ2) is 4.66. The van der Waals surface area contributed by atoms with Gasteiger partial charge in [-0.2, -0.15) is 0 Å². The van der Waals surface area contributed by atoms with Gasteiger partial charge in [0.15, 0.2) is 0 Å². The molecule has 2 nitrogen and oxygen atoms in total. The van der Waals surface area contributed by atoms with Crippen molar-refractivity contribution in [1.29, 1.82) is 0 Å². The Morgan fingerprint density at radius 3 is 2.56 bits per heavy atom. The molecule has 0 aromatic heterocycles. The fraction of sp³-hybridized carbons (Fsp3) is 1.00. The summed E-state index contributed by atoms with van der Waals surface area (Å²) < 4.78 is 0. The van der Waals surface area contributed by atoms with E-state index in [1.807, 2.05) is 0 Å². The van der Waals surface area contributed by atoms with Crippen LogP contribution in [0, 0.1) is 11.8 Å². The van der Waals surface area contributed by atoms with E-state index in [0.29, 0.717) is 5.92 Å². The number of likely N-dealkylation sites (tertiary alicyclic amines) is 1. The Kier molecular flexibility index (Phi) is 3.21. The second-order valence-electron chi connectivity index (χ2n) is 6.15.